The van der Waals surface area contributed by atoms with Gasteiger partial charge in [0.1, 0.15) is 6.61 Å². The maximum absolute atomic E-state index is 12.3. The normalized spacial score (nSPS) is 10.4. The summed E-state index contributed by atoms with van der Waals surface area (Å²) in [5.74, 6) is -0.437. The summed E-state index contributed by atoms with van der Waals surface area (Å²) in [6.45, 7) is 0.225. The third-order valence-electron chi connectivity index (χ3n) is 3.81. The van der Waals surface area contributed by atoms with Crippen LogP contribution in [0, 0.1) is 11.3 Å². The van der Waals surface area contributed by atoms with Gasteiger partial charge in [0, 0.05) is 12.1 Å². The van der Waals surface area contributed by atoms with Crippen LogP contribution >= 0.6 is 0 Å². The summed E-state index contributed by atoms with van der Waals surface area (Å²) in [5.41, 5.74) is 1.57. The van der Waals surface area contributed by atoms with Crippen LogP contribution in [0.4, 0.5) is 0 Å². The molecule has 0 aliphatic carbocycles. The Morgan fingerprint density at radius 2 is 1.92 bits per heavy atom. The molecule has 0 spiro atoms. The Bertz CT molecular complexity index is 1020. The number of carbonyl (C=O) groups excluding carboxylic acids is 1. The fraction of sp³-hybridized carbons (Fsp3) is 0.158. The van der Waals surface area contributed by atoms with E-state index in [0.717, 1.165) is 0 Å². The molecule has 0 atom stereocenters. The average Bonchev–Trinajstić information content (AvgIpc) is 2.66. The summed E-state index contributed by atoms with van der Waals surface area (Å²) in [6, 6.07) is 16.1. The van der Waals surface area contributed by atoms with Gasteiger partial charge in [-0.25, -0.2) is 4.98 Å². The molecule has 1 aromatic heterocycles. The van der Waals surface area contributed by atoms with E-state index in [1.807, 2.05) is 6.07 Å². The number of hydrogen-bond acceptors (Lipinski definition) is 5. The predicted octanol–water partition coefficient (Wildman–Crippen LogP) is 2.40. The van der Waals surface area contributed by atoms with Crippen LogP contribution in [-0.2, 0) is 22.7 Å². The molecule has 0 saturated carbocycles. The van der Waals surface area contributed by atoms with Crippen molar-refractivity contribution >= 4 is 16.9 Å². The summed E-state index contributed by atoms with van der Waals surface area (Å²) in [7, 11) is 0. The maximum atomic E-state index is 12.3. The number of fused-ring (bicyclic) bond motifs is 1. The van der Waals surface area contributed by atoms with Gasteiger partial charge in [0.05, 0.1) is 35.3 Å². The number of benzene rings is 2. The minimum atomic E-state index is -0.437. The van der Waals surface area contributed by atoms with Crippen LogP contribution in [-0.4, -0.2) is 15.5 Å². The zero-order valence-electron chi connectivity index (χ0n) is 13.4. The van der Waals surface area contributed by atoms with Crippen molar-refractivity contribution in [2.24, 2.45) is 0 Å². The van der Waals surface area contributed by atoms with Crippen molar-refractivity contribution < 1.29 is 9.53 Å². The lowest BCUT2D eigenvalue weighted by molar-refractivity contribution is -0.145. The van der Waals surface area contributed by atoms with Crippen molar-refractivity contribution in [3.8, 4) is 6.07 Å². The van der Waals surface area contributed by atoms with E-state index in [4.69, 9.17) is 10.00 Å². The van der Waals surface area contributed by atoms with E-state index in [2.05, 4.69) is 11.1 Å². The number of ether oxygens (including phenoxy) is 1. The van der Waals surface area contributed by atoms with Gasteiger partial charge in [-0.05, 0) is 18.2 Å². The summed E-state index contributed by atoms with van der Waals surface area (Å²) in [6.07, 6.45) is 1.48. The summed E-state index contributed by atoms with van der Waals surface area (Å²) in [4.78, 5) is 28.5. The molecule has 25 heavy (non-hydrogen) atoms. The number of nitriles is 1. The van der Waals surface area contributed by atoms with Gasteiger partial charge in [-0.15, -0.1) is 0 Å². The highest BCUT2D eigenvalue weighted by molar-refractivity contribution is 5.77. The maximum Gasteiger partial charge on any atom is 0.307 e. The third-order valence-corrected chi connectivity index (χ3v) is 3.81. The second-order valence-electron chi connectivity index (χ2n) is 5.44. The fourth-order valence-electron chi connectivity index (χ4n) is 2.46. The Labute approximate surface area is 143 Å². The van der Waals surface area contributed by atoms with Crippen molar-refractivity contribution in [1.29, 1.82) is 5.26 Å². The molecular formula is C19H15N3O3. The van der Waals surface area contributed by atoms with E-state index < -0.39 is 5.97 Å². The molecule has 2 aromatic carbocycles. The van der Waals surface area contributed by atoms with Gasteiger partial charge >= 0.3 is 5.97 Å². The Kier molecular flexibility index (Phi) is 4.86. The van der Waals surface area contributed by atoms with Gasteiger partial charge in [0.15, 0.2) is 0 Å². The number of aryl methyl sites for hydroxylation is 1. The van der Waals surface area contributed by atoms with E-state index >= 15 is 0 Å². The molecule has 0 radical (unpaired) electrons. The van der Waals surface area contributed by atoms with Crippen molar-refractivity contribution in [3.05, 3.63) is 76.3 Å². The average molecular weight is 333 g/mol. The van der Waals surface area contributed by atoms with Crippen LogP contribution in [0.1, 0.15) is 17.5 Å². The molecule has 0 N–H and O–H groups in total. The molecule has 3 rings (SSSR count). The lowest BCUT2D eigenvalue weighted by Crippen LogP contribution is -2.22. The first-order chi connectivity index (χ1) is 12.2. The molecule has 0 fully saturated rings. The van der Waals surface area contributed by atoms with Crippen LogP contribution in [0.15, 0.2) is 59.7 Å². The first-order valence-corrected chi connectivity index (χ1v) is 7.77. The number of hydrogen-bond donors (Lipinski definition) is 0. The zero-order valence-corrected chi connectivity index (χ0v) is 13.4. The van der Waals surface area contributed by atoms with Crippen molar-refractivity contribution in [1.82, 2.24) is 9.55 Å². The quantitative estimate of drug-likeness (QED) is 0.669. The number of esters is 1. The highest BCUT2D eigenvalue weighted by Crippen LogP contribution is 2.09. The molecule has 0 aliphatic rings. The topological polar surface area (TPSA) is 85.0 Å². The largest absolute Gasteiger partial charge is 0.461 e. The third kappa shape index (κ3) is 3.72. The fourth-order valence-corrected chi connectivity index (χ4v) is 2.46. The first kappa shape index (κ1) is 16.4. The van der Waals surface area contributed by atoms with E-state index in [1.165, 1.54) is 10.9 Å². The summed E-state index contributed by atoms with van der Waals surface area (Å²) < 4.78 is 6.59. The van der Waals surface area contributed by atoms with Crippen LogP contribution in [0.3, 0.4) is 0 Å². The minimum Gasteiger partial charge on any atom is -0.461 e. The lowest BCUT2D eigenvalue weighted by atomic mass is 10.1. The molecule has 6 nitrogen and oxygen atoms in total. The molecule has 0 aliphatic heterocycles. The molecule has 0 amide bonds. The van der Waals surface area contributed by atoms with Gasteiger partial charge in [-0.1, -0.05) is 30.3 Å². The number of carbonyl (C=O) groups is 1. The van der Waals surface area contributed by atoms with Crippen LogP contribution in [0.5, 0.6) is 0 Å². The number of para-hydroxylation sites is 1. The first-order valence-electron chi connectivity index (χ1n) is 7.77. The van der Waals surface area contributed by atoms with Crippen molar-refractivity contribution in [2.75, 3.05) is 0 Å². The SMILES string of the molecule is N#Cc1ccccc1COC(=O)CCn1cnc2ccccc2c1=O. The zero-order chi connectivity index (χ0) is 17.6. The smallest absolute Gasteiger partial charge is 0.307 e. The monoisotopic (exact) mass is 333 g/mol. The van der Waals surface area contributed by atoms with Crippen LogP contribution in [0.2, 0.25) is 0 Å². The molecule has 124 valence electrons. The standard InChI is InChI=1S/C19H15N3O3/c20-11-14-5-1-2-6-15(14)12-25-18(23)9-10-22-13-21-17-8-4-3-7-16(17)19(22)24/h1-8,13H,9-10,12H2. The van der Waals surface area contributed by atoms with E-state index in [9.17, 15) is 9.59 Å². The van der Waals surface area contributed by atoms with Gasteiger partial charge in [-0.3, -0.25) is 14.2 Å². The highest BCUT2D eigenvalue weighted by atomic mass is 16.5. The molecular weight excluding hydrogens is 318 g/mol. The van der Waals surface area contributed by atoms with Gasteiger partial charge < -0.3 is 4.74 Å². The Hall–Kier alpha value is -3.46. The van der Waals surface area contributed by atoms with E-state index in [-0.39, 0.29) is 25.1 Å². The minimum absolute atomic E-state index is 0.0352. The molecule has 1 heterocycles. The van der Waals surface area contributed by atoms with Crippen LogP contribution in [0.25, 0.3) is 10.9 Å². The predicted molar refractivity (Wildman–Crippen MR) is 91.6 cm³/mol. The number of aromatic nitrogens is 2. The molecule has 6 heteroatoms. The van der Waals surface area contributed by atoms with Crippen LogP contribution < -0.4 is 5.56 Å². The van der Waals surface area contributed by atoms with Crippen molar-refractivity contribution in [2.45, 2.75) is 19.6 Å². The van der Waals surface area contributed by atoms with Crippen molar-refractivity contribution in [3.63, 3.8) is 0 Å². The van der Waals surface area contributed by atoms with Gasteiger partial charge in [0.25, 0.3) is 5.56 Å². The molecule has 0 bridgehead atoms. The molecule has 0 saturated heterocycles. The lowest BCUT2D eigenvalue weighted by Gasteiger charge is -2.08. The molecule has 0 unspecified atom stereocenters. The Morgan fingerprint density at radius 3 is 2.76 bits per heavy atom. The highest BCUT2D eigenvalue weighted by Gasteiger charge is 2.09. The second kappa shape index (κ2) is 7.41. The van der Waals surface area contributed by atoms with Gasteiger partial charge in [-0.2, -0.15) is 5.26 Å². The number of rotatable bonds is 5. The Balaban J connectivity index is 1.62. The summed E-state index contributed by atoms with van der Waals surface area (Å²) >= 11 is 0. The summed E-state index contributed by atoms with van der Waals surface area (Å²) in [5, 5.41) is 9.53. The Morgan fingerprint density at radius 1 is 1.16 bits per heavy atom. The number of nitrogens with zero attached hydrogens (tertiary/aromatic N) is 3. The van der Waals surface area contributed by atoms with Gasteiger partial charge in [0.2, 0.25) is 0 Å². The molecule has 3 aromatic rings. The van der Waals surface area contributed by atoms with E-state index in [0.29, 0.717) is 22.0 Å². The van der Waals surface area contributed by atoms with E-state index in [1.54, 1.807) is 42.5 Å². The second-order valence-corrected chi connectivity index (χ2v) is 5.44.